The summed E-state index contributed by atoms with van der Waals surface area (Å²) in [5.74, 6) is -1.51. The number of unbranched alkanes of at least 4 members (excludes halogenated alkanes) is 6. The van der Waals surface area contributed by atoms with E-state index in [1.54, 1.807) is 0 Å². The van der Waals surface area contributed by atoms with Gasteiger partial charge in [0.05, 0.1) is 19.8 Å². The van der Waals surface area contributed by atoms with Crippen LogP contribution in [0.3, 0.4) is 0 Å². The fourth-order valence-corrected chi connectivity index (χ4v) is 6.38. The Morgan fingerprint density at radius 3 is 2.13 bits per heavy atom. The quantitative estimate of drug-likeness (QED) is 0.0650. The molecule has 16 heteroatoms. The van der Waals surface area contributed by atoms with Gasteiger partial charge in [-0.2, -0.15) is 4.98 Å². The number of nitrogens with two attached hydrogens (primary N) is 1. The molecule has 6 atom stereocenters. The number of ether oxygens (including phenoxy) is 3. The zero-order chi connectivity index (χ0) is 33.6. The number of anilines is 1. The number of nitrogen functional groups attached to an aromatic ring is 1. The third-order valence-electron chi connectivity index (χ3n) is 7.26. The van der Waals surface area contributed by atoms with Crippen molar-refractivity contribution in [2.24, 2.45) is 0 Å². The number of hydrogen-bond acceptors (Lipinski definition) is 11. The van der Waals surface area contributed by atoms with Gasteiger partial charge in [-0.3, -0.25) is 18.7 Å². The Balaban J connectivity index is 2.22. The Morgan fingerprint density at radius 1 is 1.13 bits per heavy atom. The molecule has 1 fully saturated rings. The van der Waals surface area contributed by atoms with E-state index >= 15 is 4.39 Å². The number of halogens is 1. The first-order valence-corrected chi connectivity index (χ1v) is 17.1. The zero-order valence-corrected chi connectivity index (χ0v) is 27.5. The fourth-order valence-electron chi connectivity index (χ4n) is 4.54. The Labute approximate surface area is 263 Å². The number of carbonyl (C=O) groups excluding carboxylic acids is 2. The van der Waals surface area contributed by atoms with Crippen LogP contribution < -0.4 is 21.6 Å². The summed E-state index contributed by atoms with van der Waals surface area (Å²) in [7, 11) is -4.38. The smallest absolute Gasteiger partial charge is 0.351 e. The highest BCUT2D eigenvalue weighted by Gasteiger charge is 2.56. The van der Waals surface area contributed by atoms with Gasteiger partial charge < -0.3 is 29.6 Å². The molecule has 0 spiro atoms. The van der Waals surface area contributed by atoms with Crippen LogP contribution in [0.25, 0.3) is 0 Å². The molecule has 0 radical (unpaired) electrons. The summed E-state index contributed by atoms with van der Waals surface area (Å²) in [4.78, 5) is 41.3. The molecular weight excluding hydrogens is 612 g/mol. The lowest BCUT2D eigenvalue weighted by molar-refractivity contribution is -0.145. The standard InChI is InChI=1S/C29H49FN5O9P/c1-6-9-11-13-17-41-26(37)20(4)33-45(40,34-21(5)27(38)42-18-14-12-10-7-2)43-19-29(8-3)24(30)23(36)25(44-29)35-16-15-22(31)32-28(35)39/h8,15-16,20-21,23-25,36H,3,6-7,9-14,17-19H2,1-2,4-5H3,(H2,31,32,39)(H2,33,34,40)/t20-,21-,23+,24-,25+,29+/m0/s1. The van der Waals surface area contributed by atoms with E-state index in [0.29, 0.717) is 12.8 Å². The largest absolute Gasteiger partial charge is 0.465 e. The molecule has 1 aromatic rings. The summed E-state index contributed by atoms with van der Waals surface area (Å²) in [5, 5.41) is 15.8. The van der Waals surface area contributed by atoms with Gasteiger partial charge in [0.2, 0.25) is 0 Å². The van der Waals surface area contributed by atoms with Crippen LogP contribution in [-0.4, -0.2) is 76.4 Å². The number of aliphatic hydroxyl groups excluding tert-OH is 1. The Morgan fingerprint density at radius 2 is 1.67 bits per heavy atom. The van der Waals surface area contributed by atoms with Crippen LogP contribution >= 0.6 is 7.67 Å². The number of alkyl halides is 1. The van der Waals surface area contributed by atoms with E-state index in [9.17, 15) is 24.1 Å². The minimum atomic E-state index is -4.38. The van der Waals surface area contributed by atoms with E-state index in [4.69, 9.17) is 24.5 Å². The average molecular weight is 662 g/mol. The minimum Gasteiger partial charge on any atom is -0.465 e. The number of aliphatic hydroxyl groups is 1. The molecule has 256 valence electrons. The minimum absolute atomic E-state index is 0.0841. The molecular formula is C29H49FN5O9P. The van der Waals surface area contributed by atoms with Crippen molar-refractivity contribution in [3.63, 3.8) is 0 Å². The van der Waals surface area contributed by atoms with Crippen molar-refractivity contribution in [2.45, 2.75) is 115 Å². The molecule has 0 aromatic carbocycles. The molecule has 1 aromatic heterocycles. The maximum atomic E-state index is 15.6. The van der Waals surface area contributed by atoms with E-state index in [1.807, 2.05) is 0 Å². The molecule has 14 nitrogen and oxygen atoms in total. The average Bonchev–Trinajstić information content (AvgIpc) is 3.25. The molecule has 1 saturated heterocycles. The lowest BCUT2D eigenvalue weighted by atomic mass is 9.98. The molecule has 0 aliphatic carbocycles. The SMILES string of the molecule is C=C[C@]1(COP(=O)(N[C@@H](C)C(=O)OCCCCCC)N[C@@H](C)C(=O)OCCCCCC)O[C@@H](n2ccc(N)nc2=O)[C@H](O)[C@@H]1F. The molecule has 0 amide bonds. The van der Waals surface area contributed by atoms with Gasteiger partial charge in [-0.25, -0.2) is 19.4 Å². The van der Waals surface area contributed by atoms with Gasteiger partial charge in [0.1, 0.15) is 29.6 Å². The number of esters is 2. The van der Waals surface area contributed by atoms with Gasteiger partial charge in [-0.15, -0.1) is 6.58 Å². The first-order chi connectivity index (χ1) is 21.3. The highest BCUT2D eigenvalue weighted by Crippen LogP contribution is 2.45. The highest BCUT2D eigenvalue weighted by atomic mass is 31.2. The fraction of sp³-hybridized carbons (Fsp3) is 0.724. The van der Waals surface area contributed by atoms with Crippen molar-refractivity contribution < 1.29 is 42.4 Å². The van der Waals surface area contributed by atoms with Crippen molar-refractivity contribution in [2.75, 3.05) is 25.6 Å². The number of carbonyl (C=O) groups is 2. The van der Waals surface area contributed by atoms with E-state index in [0.717, 1.165) is 49.2 Å². The summed E-state index contributed by atoms with van der Waals surface area (Å²) in [5.41, 5.74) is 2.53. The van der Waals surface area contributed by atoms with Crippen LogP contribution in [0, 0.1) is 0 Å². The molecule has 1 aliphatic rings. The second-order valence-corrected chi connectivity index (χ2v) is 13.0. The summed E-state index contributed by atoms with van der Waals surface area (Å²) in [6.07, 6.45) is 3.67. The van der Waals surface area contributed by atoms with E-state index in [1.165, 1.54) is 26.1 Å². The molecule has 45 heavy (non-hydrogen) atoms. The number of rotatable bonds is 21. The Bertz CT molecular complexity index is 1180. The molecule has 2 heterocycles. The maximum absolute atomic E-state index is 15.6. The van der Waals surface area contributed by atoms with Crippen LogP contribution in [0.15, 0.2) is 29.7 Å². The number of aromatic nitrogens is 2. The second kappa shape index (κ2) is 18.5. The first kappa shape index (κ1) is 38.5. The molecule has 5 N–H and O–H groups in total. The topological polar surface area (TPSA) is 193 Å². The zero-order valence-electron chi connectivity index (χ0n) is 26.6. The van der Waals surface area contributed by atoms with Crippen LogP contribution in [0.5, 0.6) is 0 Å². The van der Waals surface area contributed by atoms with Crippen molar-refractivity contribution in [1.82, 2.24) is 19.7 Å². The predicted octanol–water partition coefficient (Wildman–Crippen LogP) is 3.31. The number of nitrogens with zero attached hydrogens (tertiary/aromatic N) is 2. The molecule has 0 saturated carbocycles. The van der Waals surface area contributed by atoms with Crippen molar-refractivity contribution in [3.05, 3.63) is 35.4 Å². The highest BCUT2D eigenvalue weighted by molar-refractivity contribution is 7.54. The Kier molecular flexibility index (Phi) is 15.8. The second-order valence-electron chi connectivity index (χ2n) is 11.1. The van der Waals surface area contributed by atoms with Gasteiger partial charge >= 0.3 is 25.3 Å². The third-order valence-corrected chi connectivity index (χ3v) is 9.21. The van der Waals surface area contributed by atoms with E-state index in [-0.39, 0.29) is 19.0 Å². The summed E-state index contributed by atoms with van der Waals surface area (Å²) < 4.78 is 52.6. The third kappa shape index (κ3) is 11.3. The van der Waals surface area contributed by atoms with Crippen LogP contribution in [0.2, 0.25) is 0 Å². The van der Waals surface area contributed by atoms with Gasteiger partial charge in [-0.1, -0.05) is 58.4 Å². The van der Waals surface area contributed by atoms with E-state index < -0.39 is 68.1 Å². The van der Waals surface area contributed by atoms with Crippen molar-refractivity contribution in [3.8, 4) is 0 Å². The molecule has 2 rings (SSSR count). The van der Waals surface area contributed by atoms with E-state index in [2.05, 4.69) is 35.6 Å². The van der Waals surface area contributed by atoms with Crippen LogP contribution in [-0.2, 0) is 32.9 Å². The summed E-state index contributed by atoms with van der Waals surface area (Å²) in [6, 6.07) is -1.07. The molecule has 0 unspecified atom stereocenters. The lowest BCUT2D eigenvalue weighted by Gasteiger charge is -2.31. The van der Waals surface area contributed by atoms with Gasteiger partial charge in [0.25, 0.3) is 0 Å². The molecule has 1 aliphatic heterocycles. The lowest BCUT2D eigenvalue weighted by Crippen LogP contribution is -2.46. The normalized spacial score (nSPS) is 22.9. The monoisotopic (exact) mass is 661 g/mol. The van der Waals surface area contributed by atoms with Gasteiger partial charge in [0, 0.05) is 6.20 Å². The summed E-state index contributed by atoms with van der Waals surface area (Å²) >= 11 is 0. The Hall–Kier alpha value is -2.68. The maximum Gasteiger partial charge on any atom is 0.351 e. The van der Waals surface area contributed by atoms with Crippen molar-refractivity contribution in [1.29, 1.82) is 0 Å². The van der Waals surface area contributed by atoms with Crippen LogP contribution in [0.1, 0.15) is 85.3 Å². The molecule has 0 bridgehead atoms. The van der Waals surface area contributed by atoms with Crippen LogP contribution in [0.4, 0.5) is 10.2 Å². The number of hydrogen-bond donors (Lipinski definition) is 4. The van der Waals surface area contributed by atoms with Gasteiger partial charge in [-0.05, 0) is 32.8 Å². The summed E-state index contributed by atoms with van der Waals surface area (Å²) in [6.45, 7) is 10.0. The predicted molar refractivity (Wildman–Crippen MR) is 166 cm³/mol. The van der Waals surface area contributed by atoms with Gasteiger partial charge in [0.15, 0.2) is 12.4 Å². The van der Waals surface area contributed by atoms with Crippen molar-refractivity contribution >= 4 is 25.4 Å². The first-order valence-electron chi connectivity index (χ1n) is 15.4. The number of nitrogens with one attached hydrogen (secondary N) is 2.